The third kappa shape index (κ3) is 3.95. The Morgan fingerprint density at radius 2 is 1.95 bits per heavy atom. The number of aliphatic carboxylic acids is 1. The molecule has 0 bridgehead atoms. The van der Waals surface area contributed by atoms with Crippen molar-refractivity contribution in [1.29, 1.82) is 0 Å². The van der Waals surface area contributed by atoms with Crippen molar-refractivity contribution in [3.8, 4) is 0 Å². The van der Waals surface area contributed by atoms with E-state index in [1.165, 1.54) is 0 Å². The lowest BCUT2D eigenvalue weighted by atomic mass is 10.1. The average molecular weight is 292 g/mol. The number of ether oxygens (including phenoxy) is 1. The van der Waals surface area contributed by atoms with Crippen molar-refractivity contribution in [2.45, 2.75) is 25.0 Å². The summed E-state index contributed by atoms with van der Waals surface area (Å²) >= 11 is 0. The van der Waals surface area contributed by atoms with Gasteiger partial charge in [0.2, 0.25) is 0 Å². The quantitative estimate of drug-likeness (QED) is 0.850. The highest BCUT2D eigenvalue weighted by Crippen LogP contribution is 2.19. The van der Waals surface area contributed by atoms with E-state index in [0.717, 1.165) is 5.69 Å². The van der Waals surface area contributed by atoms with Gasteiger partial charge in [-0.05, 0) is 37.1 Å². The van der Waals surface area contributed by atoms with Crippen molar-refractivity contribution in [1.82, 2.24) is 5.32 Å². The molecule has 114 valence electrons. The Morgan fingerprint density at radius 1 is 1.29 bits per heavy atom. The summed E-state index contributed by atoms with van der Waals surface area (Å²) in [6.45, 7) is 0.331. The van der Waals surface area contributed by atoms with Crippen LogP contribution in [0, 0.1) is 0 Å². The van der Waals surface area contributed by atoms with E-state index in [9.17, 15) is 9.59 Å². The molecule has 1 amide bonds. The zero-order chi connectivity index (χ0) is 15.4. The van der Waals surface area contributed by atoms with E-state index in [0.29, 0.717) is 24.9 Å². The van der Waals surface area contributed by atoms with Gasteiger partial charge in [-0.3, -0.25) is 4.79 Å². The van der Waals surface area contributed by atoms with Crippen LogP contribution in [-0.2, 0) is 9.53 Å². The van der Waals surface area contributed by atoms with E-state index in [1.807, 2.05) is 31.1 Å². The highest BCUT2D eigenvalue weighted by atomic mass is 16.5. The molecule has 6 heteroatoms. The number of carboxylic acids is 1. The first-order valence-corrected chi connectivity index (χ1v) is 6.91. The maximum absolute atomic E-state index is 12.0. The number of carbonyl (C=O) groups excluding carboxylic acids is 1. The van der Waals surface area contributed by atoms with Crippen LogP contribution in [-0.4, -0.2) is 49.8 Å². The molecule has 2 N–H and O–H groups in total. The zero-order valence-electron chi connectivity index (χ0n) is 12.2. The molecule has 0 radical (unpaired) electrons. The molecular weight excluding hydrogens is 272 g/mol. The number of nitrogens with one attached hydrogen (secondary N) is 1. The lowest BCUT2D eigenvalue weighted by Crippen LogP contribution is -2.33. The number of hydrogen-bond donors (Lipinski definition) is 2. The zero-order valence-corrected chi connectivity index (χ0v) is 12.2. The van der Waals surface area contributed by atoms with Crippen LogP contribution in [0.4, 0.5) is 5.69 Å². The topological polar surface area (TPSA) is 78.9 Å². The molecule has 21 heavy (non-hydrogen) atoms. The summed E-state index contributed by atoms with van der Waals surface area (Å²) < 4.78 is 5.34. The van der Waals surface area contributed by atoms with Gasteiger partial charge in [0.1, 0.15) is 0 Å². The highest BCUT2D eigenvalue weighted by molar-refractivity contribution is 5.94. The van der Waals surface area contributed by atoms with Gasteiger partial charge in [-0.1, -0.05) is 0 Å². The summed E-state index contributed by atoms with van der Waals surface area (Å²) in [6, 6.07) is 7.28. The molecular formula is C15H20N2O4. The van der Waals surface area contributed by atoms with E-state index in [1.54, 1.807) is 12.1 Å². The fourth-order valence-electron chi connectivity index (χ4n) is 2.26. The van der Waals surface area contributed by atoms with Crippen LogP contribution in [0.2, 0.25) is 0 Å². The van der Waals surface area contributed by atoms with Crippen LogP contribution in [0.1, 0.15) is 23.2 Å². The van der Waals surface area contributed by atoms with Crippen molar-refractivity contribution >= 4 is 17.6 Å². The first kappa shape index (κ1) is 15.3. The maximum atomic E-state index is 12.0. The predicted octanol–water partition coefficient (Wildman–Crippen LogP) is 1.11. The highest BCUT2D eigenvalue weighted by Gasteiger charge is 2.30. The molecule has 1 aliphatic rings. The van der Waals surface area contributed by atoms with Gasteiger partial charge >= 0.3 is 5.97 Å². The van der Waals surface area contributed by atoms with Crippen molar-refractivity contribution in [3.05, 3.63) is 29.8 Å². The summed E-state index contributed by atoms with van der Waals surface area (Å²) in [7, 11) is 3.87. The van der Waals surface area contributed by atoms with Crippen LogP contribution in [0.25, 0.3) is 0 Å². The Bertz CT molecular complexity index is 513. The maximum Gasteiger partial charge on any atom is 0.332 e. The number of nitrogens with zero attached hydrogens (tertiary/aromatic N) is 1. The van der Waals surface area contributed by atoms with Gasteiger partial charge in [-0.15, -0.1) is 0 Å². The molecule has 2 rings (SSSR count). The van der Waals surface area contributed by atoms with E-state index >= 15 is 0 Å². The number of anilines is 1. The number of carboxylic acid groups (broad SMARTS) is 1. The minimum absolute atomic E-state index is 0.178. The third-order valence-corrected chi connectivity index (χ3v) is 3.52. The normalized spacial score (nSPS) is 21.0. The molecule has 1 aromatic carbocycles. The molecule has 1 fully saturated rings. The Hall–Kier alpha value is -2.08. The number of rotatable bonds is 5. The second-order valence-corrected chi connectivity index (χ2v) is 5.31. The fourth-order valence-corrected chi connectivity index (χ4v) is 2.26. The summed E-state index contributed by atoms with van der Waals surface area (Å²) in [4.78, 5) is 24.7. The van der Waals surface area contributed by atoms with Crippen molar-refractivity contribution in [2.75, 3.05) is 25.5 Å². The van der Waals surface area contributed by atoms with Gasteiger partial charge in [-0.25, -0.2) is 4.79 Å². The Kier molecular flexibility index (Phi) is 4.80. The first-order valence-electron chi connectivity index (χ1n) is 6.91. The van der Waals surface area contributed by atoms with Crippen LogP contribution in [0.15, 0.2) is 24.3 Å². The standard InChI is InChI=1S/C15H20N2O4/c1-17(2)11-5-3-10(4-6-11)14(18)16-9-12-7-8-13(21-12)15(19)20/h3-6,12-13H,7-9H2,1-2H3,(H,16,18)(H,19,20). The van der Waals surface area contributed by atoms with Crippen LogP contribution < -0.4 is 10.2 Å². The van der Waals surface area contributed by atoms with Gasteiger partial charge in [0.05, 0.1) is 6.10 Å². The molecule has 0 saturated carbocycles. The van der Waals surface area contributed by atoms with E-state index < -0.39 is 12.1 Å². The largest absolute Gasteiger partial charge is 0.479 e. The summed E-state index contributed by atoms with van der Waals surface area (Å²) in [5, 5.41) is 11.6. The van der Waals surface area contributed by atoms with Crippen LogP contribution in [0.5, 0.6) is 0 Å². The third-order valence-electron chi connectivity index (χ3n) is 3.52. The van der Waals surface area contributed by atoms with E-state index in [-0.39, 0.29) is 12.0 Å². The minimum atomic E-state index is -0.942. The summed E-state index contributed by atoms with van der Waals surface area (Å²) in [5.41, 5.74) is 1.60. The van der Waals surface area contributed by atoms with E-state index in [4.69, 9.17) is 9.84 Å². The molecule has 0 aliphatic carbocycles. The molecule has 1 aliphatic heterocycles. The lowest BCUT2D eigenvalue weighted by Gasteiger charge is -2.14. The van der Waals surface area contributed by atoms with E-state index in [2.05, 4.69) is 5.32 Å². The van der Waals surface area contributed by atoms with Crippen LogP contribution in [0.3, 0.4) is 0 Å². The molecule has 1 aromatic rings. The van der Waals surface area contributed by atoms with Gasteiger partial charge in [0.15, 0.2) is 6.10 Å². The second-order valence-electron chi connectivity index (χ2n) is 5.31. The van der Waals surface area contributed by atoms with Crippen molar-refractivity contribution in [2.24, 2.45) is 0 Å². The minimum Gasteiger partial charge on any atom is -0.479 e. The molecule has 2 atom stereocenters. The van der Waals surface area contributed by atoms with Crippen molar-refractivity contribution in [3.63, 3.8) is 0 Å². The molecule has 2 unspecified atom stereocenters. The van der Waals surface area contributed by atoms with Gasteiger partial charge in [-0.2, -0.15) is 0 Å². The second kappa shape index (κ2) is 6.58. The number of carbonyl (C=O) groups is 2. The molecule has 1 saturated heterocycles. The smallest absolute Gasteiger partial charge is 0.332 e. The Morgan fingerprint density at radius 3 is 2.48 bits per heavy atom. The monoisotopic (exact) mass is 292 g/mol. The number of benzene rings is 1. The van der Waals surface area contributed by atoms with Gasteiger partial charge < -0.3 is 20.1 Å². The number of amides is 1. The Balaban J connectivity index is 1.83. The predicted molar refractivity (Wildman–Crippen MR) is 78.6 cm³/mol. The molecule has 6 nitrogen and oxygen atoms in total. The Labute approximate surface area is 123 Å². The summed E-state index contributed by atoms with van der Waals surface area (Å²) in [5.74, 6) is -1.12. The first-order chi connectivity index (χ1) is 9.97. The molecule has 1 heterocycles. The van der Waals surface area contributed by atoms with Crippen LogP contribution >= 0.6 is 0 Å². The lowest BCUT2D eigenvalue weighted by molar-refractivity contribution is -0.149. The van der Waals surface area contributed by atoms with Gasteiger partial charge in [0.25, 0.3) is 5.91 Å². The SMILES string of the molecule is CN(C)c1ccc(C(=O)NCC2CCC(C(=O)O)O2)cc1. The summed E-state index contributed by atoms with van der Waals surface area (Å²) in [6.07, 6.45) is 0.173. The average Bonchev–Trinajstić information content (AvgIpc) is 2.94. The molecule has 0 spiro atoms. The van der Waals surface area contributed by atoms with Gasteiger partial charge in [0, 0.05) is 31.9 Å². The van der Waals surface area contributed by atoms with Crippen molar-refractivity contribution < 1.29 is 19.4 Å². The fraction of sp³-hybridized carbons (Fsp3) is 0.467. The number of hydrogen-bond acceptors (Lipinski definition) is 4. The molecule has 0 aromatic heterocycles.